The van der Waals surface area contributed by atoms with Crippen molar-refractivity contribution in [2.75, 3.05) is 21.3 Å². The number of hydrogen-bond acceptors (Lipinski definition) is 8. The van der Waals surface area contributed by atoms with Crippen molar-refractivity contribution in [1.29, 1.82) is 0 Å². The molecule has 0 saturated heterocycles. The molecule has 0 aliphatic heterocycles. The van der Waals surface area contributed by atoms with E-state index in [0.29, 0.717) is 0 Å². The number of amides is 1. The Hall–Kier alpha value is -2.97. The smallest absolute Gasteiger partial charge is 0.328 e. The molecule has 1 aromatic rings. The number of hydrogen-bond donors (Lipinski definition) is 1. The Labute approximate surface area is 144 Å². The van der Waals surface area contributed by atoms with Gasteiger partial charge < -0.3 is 19.5 Å². The number of nitrogens with one attached hydrogen (secondary N) is 1. The Kier molecular flexibility index (Phi) is 7.51. The van der Waals surface area contributed by atoms with E-state index in [-0.39, 0.29) is 5.56 Å². The third-order valence-electron chi connectivity index (χ3n) is 3.65. The van der Waals surface area contributed by atoms with Crippen molar-refractivity contribution in [2.45, 2.75) is 13.0 Å². The fourth-order valence-electron chi connectivity index (χ4n) is 2.23. The lowest BCUT2D eigenvalue weighted by molar-refractivity contribution is -0.162. The average Bonchev–Trinajstić information content (AvgIpc) is 2.65. The van der Waals surface area contributed by atoms with Crippen molar-refractivity contribution >= 4 is 23.8 Å². The molecule has 2 atom stereocenters. The minimum atomic E-state index is -1.41. The van der Waals surface area contributed by atoms with Gasteiger partial charge in [0.15, 0.2) is 5.92 Å². The molecular formula is C16H20N2O7. The van der Waals surface area contributed by atoms with Gasteiger partial charge in [-0.05, 0) is 12.1 Å². The minimum Gasteiger partial charge on any atom is -0.468 e. The molecule has 0 bridgehead atoms. The van der Waals surface area contributed by atoms with Gasteiger partial charge in [0.2, 0.25) is 0 Å². The van der Waals surface area contributed by atoms with Gasteiger partial charge >= 0.3 is 17.9 Å². The molecule has 1 aromatic heterocycles. The van der Waals surface area contributed by atoms with Crippen LogP contribution >= 0.6 is 0 Å². The largest absolute Gasteiger partial charge is 0.468 e. The molecule has 1 N–H and O–H groups in total. The molecule has 25 heavy (non-hydrogen) atoms. The number of rotatable bonds is 7. The summed E-state index contributed by atoms with van der Waals surface area (Å²) in [6.45, 7) is 1.44. The summed E-state index contributed by atoms with van der Waals surface area (Å²) in [7, 11) is 3.34. The van der Waals surface area contributed by atoms with E-state index in [2.05, 4.69) is 24.5 Å². The molecule has 0 saturated carbocycles. The maximum Gasteiger partial charge on any atom is 0.328 e. The zero-order valence-electron chi connectivity index (χ0n) is 14.3. The molecule has 0 aliphatic rings. The zero-order chi connectivity index (χ0) is 19.0. The number of carbonyl (C=O) groups excluding carboxylic acids is 4. The lowest BCUT2D eigenvalue weighted by atomic mass is 9.87. The lowest BCUT2D eigenvalue weighted by Crippen LogP contribution is -2.51. The number of ether oxygens (including phenoxy) is 3. The Morgan fingerprint density at radius 3 is 1.84 bits per heavy atom. The van der Waals surface area contributed by atoms with Crippen molar-refractivity contribution in [3.05, 3.63) is 30.1 Å². The molecule has 1 amide bonds. The molecule has 9 heteroatoms. The van der Waals surface area contributed by atoms with E-state index < -0.39 is 41.7 Å². The summed E-state index contributed by atoms with van der Waals surface area (Å²) in [5.74, 6) is -5.54. The summed E-state index contributed by atoms with van der Waals surface area (Å²) in [5.41, 5.74) is 0.254. The van der Waals surface area contributed by atoms with E-state index in [1.807, 2.05) is 0 Å². The number of nitrogens with zero attached hydrogens (tertiary/aromatic N) is 1. The first-order chi connectivity index (χ1) is 11.9. The number of pyridine rings is 1. The van der Waals surface area contributed by atoms with Crippen molar-refractivity contribution in [2.24, 2.45) is 11.8 Å². The molecular weight excluding hydrogens is 332 g/mol. The van der Waals surface area contributed by atoms with Gasteiger partial charge in [0, 0.05) is 23.9 Å². The summed E-state index contributed by atoms with van der Waals surface area (Å²) < 4.78 is 13.9. The highest BCUT2D eigenvalue weighted by atomic mass is 16.5. The lowest BCUT2D eigenvalue weighted by Gasteiger charge is -2.27. The monoisotopic (exact) mass is 352 g/mol. The third-order valence-corrected chi connectivity index (χ3v) is 3.65. The highest BCUT2D eigenvalue weighted by Crippen LogP contribution is 2.20. The standard InChI is InChI=1S/C16H20N2O7/c1-9(11(14(20)23-2)15(21)24-3)12(16(22)25-4)18-13(19)10-5-7-17-8-6-10/h5-9,11-12H,1-4H3,(H,18,19)/t9-,12-/m0/s1. The molecule has 1 rings (SSSR count). The molecule has 0 aliphatic carbocycles. The first-order valence-corrected chi connectivity index (χ1v) is 7.31. The van der Waals surface area contributed by atoms with Crippen LogP contribution in [-0.4, -0.2) is 56.2 Å². The van der Waals surface area contributed by atoms with Crippen molar-refractivity contribution < 1.29 is 33.4 Å². The second-order valence-electron chi connectivity index (χ2n) is 5.09. The van der Waals surface area contributed by atoms with Crippen LogP contribution in [0.1, 0.15) is 17.3 Å². The second-order valence-corrected chi connectivity index (χ2v) is 5.09. The van der Waals surface area contributed by atoms with Crippen LogP contribution in [0.15, 0.2) is 24.5 Å². The van der Waals surface area contributed by atoms with Crippen LogP contribution in [-0.2, 0) is 28.6 Å². The van der Waals surface area contributed by atoms with Crippen LogP contribution < -0.4 is 5.32 Å². The molecule has 0 radical (unpaired) electrons. The maximum atomic E-state index is 12.3. The van der Waals surface area contributed by atoms with E-state index in [9.17, 15) is 19.2 Å². The normalized spacial score (nSPS) is 12.7. The van der Waals surface area contributed by atoms with Gasteiger partial charge in [0.25, 0.3) is 5.91 Å². The van der Waals surface area contributed by atoms with Crippen molar-refractivity contribution in [3.8, 4) is 0 Å². The number of methoxy groups -OCH3 is 3. The minimum absolute atomic E-state index is 0.254. The molecule has 0 fully saturated rings. The predicted octanol–water partition coefficient (Wildman–Crippen LogP) is -0.0487. The van der Waals surface area contributed by atoms with E-state index in [0.717, 1.165) is 21.3 Å². The Morgan fingerprint density at radius 1 is 0.920 bits per heavy atom. The first-order valence-electron chi connectivity index (χ1n) is 7.31. The fraction of sp³-hybridized carbons (Fsp3) is 0.438. The van der Waals surface area contributed by atoms with E-state index in [1.165, 1.54) is 31.5 Å². The van der Waals surface area contributed by atoms with E-state index in [1.54, 1.807) is 0 Å². The molecule has 9 nitrogen and oxygen atoms in total. The Bertz CT molecular complexity index is 617. The summed E-state index contributed by atoms with van der Waals surface area (Å²) in [4.78, 5) is 52.0. The summed E-state index contributed by atoms with van der Waals surface area (Å²) in [5, 5.41) is 2.47. The van der Waals surface area contributed by atoms with Crippen molar-refractivity contribution in [3.63, 3.8) is 0 Å². The predicted molar refractivity (Wildman–Crippen MR) is 84.2 cm³/mol. The number of aromatic nitrogens is 1. The van der Waals surface area contributed by atoms with Crippen LogP contribution in [0.2, 0.25) is 0 Å². The number of esters is 3. The maximum absolute atomic E-state index is 12.3. The van der Waals surface area contributed by atoms with Crippen LogP contribution in [0.5, 0.6) is 0 Å². The van der Waals surface area contributed by atoms with Gasteiger partial charge in [-0.1, -0.05) is 6.92 Å². The summed E-state index contributed by atoms with van der Waals surface area (Å²) >= 11 is 0. The second kappa shape index (κ2) is 9.36. The van der Waals surface area contributed by atoms with E-state index >= 15 is 0 Å². The zero-order valence-corrected chi connectivity index (χ0v) is 14.3. The van der Waals surface area contributed by atoms with Gasteiger partial charge in [-0.25, -0.2) is 4.79 Å². The molecule has 0 spiro atoms. The van der Waals surface area contributed by atoms with Gasteiger partial charge in [-0.3, -0.25) is 19.4 Å². The Balaban J connectivity index is 3.11. The van der Waals surface area contributed by atoms with Gasteiger partial charge in [-0.2, -0.15) is 0 Å². The molecule has 0 unspecified atom stereocenters. The van der Waals surface area contributed by atoms with Gasteiger partial charge in [-0.15, -0.1) is 0 Å². The molecule has 136 valence electrons. The topological polar surface area (TPSA) is 121 Å². The molecule has 1 heterocycles. The highest BCUT2D eigenvalue weighted by molar-refractivity contribution is 5.98. The average molecular weight is 352 g/mol. The van der Waals surface area contributed by atoms with Crippen LogP contribution in [0, 0.1) is 11.8 Å². The third kappa shape index (κ3) is 5.00. The molecule has 0 aromatic carbocycles. The van der Waals surface area contributed by atoms with Crippen LogP contribution in [0.4, 0.5) is 0 Å². The first kappa shape index (κ1) is 20.1. The van der Waals surface area contributed by atoms with Gasteiger partial charge in [0.1, 0.15) is 6.04 Å². The van der Waals surface area contributed by atoms with Crippen LogP contribution in [0.25, 0.3) is 0 Å². The number of carbonyl (C=O) groups is 4. The van der Waals surface area contributed by atoms with Gasteiger partial charge in [0.05, 0.1) is 21.3 Å². The highest BCUT2D eigenvalue weighted by Gasteiger charge is 2.42. The van der Waals surface area contributed by atoms with Crippen LogP contribution in [0.3, 0.4) is 0 Å². The Morgan fingerprint density at radius 2 is 1.40 bits per heavy atom. The summed E-state index contributed by atoms with van der Waals surface area (Å²) in [6, 6.07) is 1.63. The van der Waals surface area contributed by atoms with E-state index in [4.69, 9.17) is 0 Å². The SMILES string of the molecule is COC(=O)C(C(=O)OC)[C@H](C)[C@H](NC(=O)c1ccncc1)C(=O)OC. The summed E-state index contributed by atoms with van der Waals surface area (Å²) in [6.07, 6.45) is 2.83. The van der Waals surface area contributed by atoms with Crippen molar-refractivity contribution in [1.82, 2.24) is 10.3 Å². The quantitative estimate of drug-likeness (QED) is 0.412. The fourth-order valence-corrected chi connectivity index (χ4v) is 2.23.